The number of ether oxygens (including phenoxy) is 1. The molecule has 2 rings (SSSR count). The first-order valence-electron chi connectivity index (χ1n) is 7.69. The molecule has 0 radical (unpaired) electrons. The van der Waals surface area contributed by atoms with Crippen molar-refractivity contribution >= 4 is 40.9 Å². The van der Waals surface area contributed by atoms with Gasteiger partial charge in [0.1, 0.15) is 0 Å². The van der Waals surface area contributed by atoms with E-state index in [1.807, 2.05) is 30.3 Å². The zero-order chi connectivity index (χ0) is 18.1. The third-order valence-corrected chi connectivity index (χ3v) is 4.52. The fourth-order valence-corrected chi connectivity index (χ4v) is 2.92. The van der Waals surface area contributed by atoms with E-state index < -0.39 is 5.97 Å². The van der Waals surface area contributed by atoms with Crippen molar-refractivity contribution < 1.29 is 14.3 Å². The maximum Gasteiger partial charge on any atom is 0.340 e. The first kappa shape index (κ1) is 19.1. The highest BCUT2D eigenvalue weighted by Crippen LogP contribution is 2.19. The molecule has 0 saturated heterocycles. The van der Waals surface area contributed by atoms with Crippen molar-refractivity contribution in [1.29, 1.82) is 0 Å². The maximum absolute atomic E-state index is 12.0. The molecule has 0 aromatic heterocycles. The Hall–Kier alpha value is -2.18. The number of hydrogen-bond donors (Lipinski definition) is 2. The van der Waals surface area contributed by atoms with Gasteiger partial charge in [0.15, 0.2) is 6.61 Å². The minimum atomic E-state index is -0.532. The molecule has 0 aliphatic heterocycles. The second kappa shape index (κ2) is 9.96. The van der Waals surface area contributed by atoms with Crippen molar-refractivity contribution in [2.75, 3.05) is 31.3 Å². The standard InChI is InChI=1S/C18H19ClN2O3S/c1-20-16-5-3-2-4-15(16)18(23)24-12-17(22)21-10-11-25-14-8-6-13(19)7-9-14/h2-9,20H,10-12H2,1H3,(H,21,22). The van der Waals surface area contributed by atoms with E-state index in [9.17, 15) is 9.59 Å². The number of para-hydroxylation sites is 1. The van der Waals surface area contributed by atoms with Crippen molar-refractivity contribution in [1.82, 2.24) is 5.32 Å². The number of thioether (sulfide) groups is 1. The summed E-state index contributed by atoms with van der Waals surface area (Å²) in [5, 5.41) is 6.33. The van der Waals surface area contributed by atoms with E-state index in [4.69, 9.17) is 16.3 Å². The Kier molecular flexibility index (Phi) is 7.63. The number of carbonyl (C=O) groups is 2. The molecule has 25 heavy (non-hydrogen) atoms. The summed E-state index contributed by atoms with van der Waals surface area (Å²) in [5.41, 5.74) is 1.06. The van der Waals surface area contributed by atoms with Gasteiger partial charge in [0.05, 0.1) is 5.56 Å². The number of esters is 1. The number of amides is 1. The highest BCUT2D eigenvalue weighted by atomic mass is 35.5. The number of anilines is 1. The molecule has 1 amide bonds. The summed E-state index contributed by atoms with van der Waals surface area (Å²) in [6, 6.07) is 14.5. The second-order valence-electron chi connectivity index (χ2n) is 5.02. The minimum Gasteiger partial charge on any atom is -0.452 e. The maximum atomic E-state index is 12.0. The SMILES string of the molecule is CNc1ccccc1C(=O)OCC(=O)NCCSc1ccc(Cl)cc1. The first-order chi connectivity index (χ1) is 12.1. The first-order valence-corrected chi connectivity index (χ1v) is 9.05. The number of halogens is 1. The van der Waals surface area contributed by atoms with Gasteiger partial charge in [-0.1, -0.05) is 23.7 Å². The molecule has 0 atom stereocenters. The van der Waals surface area contributed by atoms with E-state index >= 15 is 0 Å². The van der Waals surface area contributed by atoms with Gasteiger partial charge in [0.25, 0.3) is 5.91 Å². The van der Waals surface area contributed by atoms with E-state index in [2.05, 4.69) is 10.6 Å². The second-order valence-corrected chi connectivity index (χ2v) is 6.63. The lowest BCUT2D eigenvalue weighted by Crippen LogP contribution is -2.30. The lowest BCUT2D eigenvalue weighted by Gasteiger charge is -2.09. The lowest BCUT2D eigenvalue weighted by atomic mass is 10.2. The smallest absolute Gasteiger partial charge is 0.340 e. The Bertz CT molecular complexity index is 723. The molecule has 2 aromatic rings. The molecule has 2 N–H and O–H groups in total. The van der Waals surface area contributed by atoms with Gasteiger partial charge in [-0.25, -0.2) is 4.79 Å². The lowest BCUT2D eigenvalue weighted by molar-refractivity contribution is -0.124. The molecule has 0 fully saturated rings. The van der Waals surface area contributed by atoms with Crippen molar-refractivity contribution in [2.45, 2.75) is 4.90 Å². The van der Waals surface area contributed by atoms with Crippen LogP contribution in [0.3, 0.4) is 0 Å². The number of hydrogen-bond acceptors (Lipinski definition) is 5. The molecule has 2 aromatic carbocycles. The van der Waals surface area contributed by atoms with E-state index in [1.54, 1.807) is 37.0 Å². The number of nitrogens with one attached hydrogen (secondary N) is 2. The van der Waals surface area contributed by atoms with Crippen LogP contribution in [0.5, 0.6) is 0 Å². The number of rotatable bonds is 8. The van der Waals surface area contributed by atoms with Gasteiger partial charge in [-0.2, -0.15) is 0 Å². The average molecular weight is 379 g/mol. The van der Waals surface area contributed by atoms with Crippen LogP contribution in [0.25, 0.3) is 0 Å². The molecule has 0 spiro atoms. The van der Waals surface area contributed by atoms with Gasteiger partial charge in [-0.3, -0.25) is 4.79 Å². The third-order valence-electron chi connectivity index (χ3n) is 3.26. The van der Waals surface area contributed by atoms with Gasteiger partial charge >= 0.3 is 5.97 Å². The van der Waals surface area contributed by atoms with E-state index in [0.717, 1.165) is 4.90 Å². The molecular formula is C18H19ClN2O3S. The molecule has 0 aliphatic rings. The van der Waals surface area contributed by atoms with Gasteiger partial charge in [0.2, 0.25) is 0 Å². The summed E-state index contributed by atoms with van der Waals surface area (Å²) in [5.74, 6) is -0.146. The van der Waals surface area contributed by atoms with Crippen molar-refractivity contribution in [3.8, 4) is 0 Å². The summed E-state index contributed by atoms with van der Waals surface area (Å²) in [7, 11) is 1.72. The normalized spacial score (nSPS) is 10.2. The summed E-state index contributed by atoms with van der Waals surface area (Å²) >= 11 is 7.43. The van der Waals surface area contributed by atoms with Crippen LogP contribution in [0.4, 0.5) is 5.69 Å². The van der Waals surface area contributed by atoms with Gasteiger partial charge in [-0.15, -0.1) is 11.8 Å². The Morgan fingerprint density at radius 1 is 1.12 bits per heavy atom. The molecule has 0 heterocycles. The Labute approximate surface area is 156 Å². The van der Waals surface area contributed by atoms with Gasteiger partial charge in [0, 0.05) is 35.0 Å². The van der Waals surface area contributed by atoms with Crippen LogP contribution in [0.2, 0.25) is 5.02 Å². The molecule has 0 unspecified atom stereocenters. The van der Waals surface area contributed by atoms with Crippen molar-refractivity contribution in [3.63, 3.8) is 0 Å². The fraction of sp³-hybridized carbons (Fsp3) is 0.222. The monoisotopic (exact) mass is 378 g/mol. The quantitative estimate of drug-likeness (QED) is 0.418. The Morgan fingerprint density at radius 2 is 1.84 bits per heavy atom. The van der Waals surface area contributed by atoms with Crippen LogP contribution >= 0.6 is 23.4 Å². The van der Waals surface area contributed by atoms with Gasteiger partial charge < -0.3 is 15.4 Å². The molecule has 5 nitrogen and oxygen atoms in total. The molecule has 0 saturated carbocycles. The zero-order valence-corrected chi connectivity index (χ0v) is 15.3. The summed E-state index contributed by atoms with van der Waals surface area (Å²) in [4.78, 5) is 24.9. The van der Waals surface area contributed by atoms with Crippen LogP contribution in [-0.4, -0.2) is 37.8 Å². The highest BCUT2D eigenvalue weighted by Gasteiger charge is 2.13. The van der Waals surface area contributed by atoms with E-state index in [0.29, 0.717) is 28.6 Å². The molecule has 0 bridgehead atoms. The minimum absolute atomic E-state index is 0.303. The predicted molar refractivity (Wildman–Crippen MR) is 101 cm³/mol. The Balaban J connectivity index is 1.68. The molecule has 132 valence electrons. The third kappa shape index (κ3) is 6.32. The molecule has 0 aliphatic carbocycles. The summed E-state index contributed by atoms with van der Waals surface area (Å²) in [6.07, 6.45) is 0. The summed E-state index contributed by atoms with van der Waals surface area (Å²) in [6.45, 7) is 0.180. The largest absolute Gasteiger partial charge is 0.452 e. The number of carbonyl (C=O) groups excluding carboxylic acids is 2. The van der Waals surface area contributed by atoms with Crippen LogP contribution in [0.15, 0.2) is 53.4 Å². The molecular weight excluding hydrogens is 360 g/mol. The highest BCUT2D eigenvalue weighted by molar-refractivity contribution is 7.99. The predicted octanol–water partition coefficient (Wildman–Crippen LogP) is 3.45. The topological polar surface area (TPSA) is 67.4 Å². The van der Waals surface area contributed by atoms with Crippen LogP contribution in [0.1, 0.15) is 10.4 Å². The Morgan fingerprint density at radius 3 is 2.56 bits per heavy atom. The number of benzene rings is 2. The van der Waals surface area contributed by atoms with E-state index in [-0.39, 0.29) is 12.5 Å². The summed E-state index contributed by atoms with van der Waals surface area (Å²) < 4.78 is 5.05. The van der Waals surface area contributed by atoms with E-state index in [1.165, 1.54) is 0 Å². The van der Waals surface area contributed by atoms with Crippen LogP contribution < -0.4 is 10.6 Å². The average Bonchev–Trinajstić information content (AvgIpc) is 2.64. The van der Waals surface area contributed by atoms with Crippen LogP contribution in [-0.2, 0) is 9.53 Å². The van der Waals surface area contributed by atoms with Gasteiger partial charge in [-0.05, 0) is 36.4 Å². The fourth-order valence-electron chi connectivity index (χ4n) is 2.03. The zero-order valence-electron chi connectivity index (χ0n) is 13.8. The molecule has 7 heteroatoms. The van der Waals surface area contributed by atoms with Crippen LogP contribution in [0, 0.1) is 0 Å². The van der Waals surface area contributed by atoms with Crippen molar-refractivity contribution in [3.05, 3.63) is 59.1 Å². The van der Waals surface area contributed by atoms with Crippen molar-refractivity contribution in [2.24, 2.45) is 0 Å².